The minimum atomic E-state index is -0.791. The molecule has 0 aliphatic heterocycles. The van der Waals surface area contributed by atoms with Crippen molar-refractivity contribution < 1.29 is 9.90 Å². The molecule has 0 fully saturated rings. The van der Waals surface area contributed by atoms with Crippen LogP contribution >= 0.6 is 34.8 Å². The van der Waals surface area contributed by atoms with Crippen LogP contribution in [0.3, 0.4) is 0 Å². The largest absolute Gasteiger partial charge is 0.505 e. The van der Waals surface area contributed by atoms with E-state index in [1.807, 2.05) is 0 Å². The van der Waals surface area contributed by atoms with Gasteiger partial charge in [0.2, 0.25) is 5.91 Å². The molecule has 1 atom stereocenters. The highest BCUT2D eigenvalue weighted by atomic mass is 35.5. The molecule has 2 aromatic carbocycles. The molecule has 0 aliphatic carbocycles. The fourth-order valence-corrected chi connectivity index (χ4v) is 3.59. The third kappa shape index (κ3) is 3.38. The first-order valence-corrected chi connectivity index (χ1v) is 8.55. The molecule has 1 aromatic heterocycles. The maximum atomic E-state index is 11.2. The number of carbonyl (C=O) groups excluding carboxylic acids is 1. The van der Waals surface area contributed by atoms with Crippen molar-refractivity contribution in [3.63, 3.8) is 0 Å². The Morgan fingerprint density at radius 3 is 2.68 bits per heavy atom. The van der Waals surface area contributed by atoms with Crippen molar-refractivity contribution in [1.29, 1.82) is 0 Å². The lowest BCUT2D eigenvalue weighted by atomic mass is 9.99. The normalized spacial score (nSPS) is 12.2. The first-order chi connectivity index (χ1) is 11.9. The highest BCUT2D eigenvalue weighted by molar-refractivity contribution is 6.37. The standard InChI is InChI=1S/C18H13Cl3N2O2/c1-9(24)23-18(21)12-5-2-4-10(15(12)20)13-8-14(19)11-6-3-7-22-16(11)17(13)25/h2-8,18,25H,1H3,(H,23,24). The van der Waals surface area contributed by atoms with Crippen LogP contribution < -0.4 is 5.32 Å². The maximum Gasteiger partial charge on any atom is 0.218 e. The zero-order chi connectivity index (χ0) is 18.1. The van der Waals surface area contributed by atoms with Gasteiger partial charge in [0, 0.05) is 35.2 Å². The number of phenols is 1. The fraction of sp³-hybridized carbons (Fsp3) is 0.111. The SMILES string of the molecule is CC(=O)NC(Cl)c1cccc(-c2cc(Cl)c3cccnc3c2O)c1Cl. The summed E-state index contributed by atoms with van der Waals surface area (Å²) < 4.78 is 0. The number of rotatable bonds is 3. The molecule has 3 rings (SSSR count). The van der Waals surface area contributed by atoms with Gasteiger partial charge in [-0.25, -0.2) is 0 Å². The molecule has 1 unspecified atom stereocenters. The third-order valence-corrected chi connectivity index (χ3v) is 4.82. The number of alkyl halides is 1. The van der Waals surface area contributed by atoms with Crippen LogP contribution in [0, 0.1) is 0 Å². The van der Waals surface area contributed by atoms with E-state index in [0.29, 0.717) is 37.6 Å². The van der Waals surface area contributed by atoms with E-state index in [1.54, 1.807) is 42.6 Å². The monoisotopic (exact) mass is 394 g/mol. The van der Waals surface area contributed by atoms with Crippen LogP contribution in [0.15, 0.2) is 42.6 Å². The predicted octanol–water partition coefficient (Wildman–Crippen LogP) is 5.29. The number of carbonyl (C=O) groups is 1. The Morgan fingerprint density at radius 1 is 1.20 bits per heavy atom. The Balaban J connectivity index is 2.19. The quantitative estimate of drug-likeness (QED) is 0.468. The first kappa shape index (κ1) is 17.8. The van der Waals surface area contributed by atoms with Crippen molar-refractivity contribution in [2.24, 2.45) is 0 Å². The molecule has 1 amide bonds. The zero-order valence-corrected chi connectivity index (χ0v) is 15.3. The average molecular weight is 396 g/mol. The average Bonchev–Trinajstić information content (AvgIpc) is 2.58. The summed E-state index contributed by atoms with van der Waals surface area (Å²) in [6.45, 7) is 1.37. The minimum Gasteiger partial charge on any atom is -0.505 e. The second-order valence-corrected chi connectivity index (χ2v) is 6.65. The molecule has 0 aliphatic rings. The smallest absolute Gasteiger partial charge is 0.218 e. The number of aromatic hydroxyl groups is 1. The lowest BCUT2D eigenvalue weighted by Gasteiger charge is -2.16. The molecule has 0 radical (unpaired) electrons. The molecule has 0 saturated carbocycles. The van der Waals surface area contributed by atoms with E-state index in [2.05, 4.69) is 10.3 Å². The van der Waals surface area contributed by atoms with Crippen LogP contribution in [0.1, 0.15) is 18.0 Å². The van der Waals surface area contributed by atoms with Gasteiger partial charge in [-0.15, -0.1) is 0 Å². The number of pyridine rings is 1. The van der Waals surface area contributed by atoms with E-state index in [0.717, 1.165) is 0 Å². The van der Waals surface area contributed by atoms with Gasteiger partial charge in [-0.2, -0.15) is 0 Å². The molecular weight excluding hydrogens is 383 g/mol. The van der Waals surface area contributed by atoms with Crippen LogP contribution in [-0.4, -0.2) is 16.0 Å². The summed E-state index contributed by atoms with van der Waals surface area (Å²) in [5, 5.41) is 14.6. The number of nitrogens with zero attached hydrogens (tertiary/aromatic N) is 1. The maximum absolute atomic E-state index is 11.2. The molecule has 25 heavy (non-hydrogen) atoms. The van der Waals surface area contributed by atoms with Gasteiger partial charge in [0.05, 0.1) is 10.0 Å². The number of hydrogen-bond acceptors (Lipinski definition) is 3. The first-order valence-electron chi connectivity index (χ1n) is 7.36. The molecule has 0 bridgehead atoms. The summed E-state index contributed by atoms with van der Waals surface area (Å²) >= 11 is 19.0. The Morgan fingerprint density at radius 2 is 1.96 bits per heavy atom. The van der Waals surface area contributed by atoms with Gasteiger partial charge in [-0.3, -0.25) is 9.78 Å². The highest BCUT2D eigenvalue weighted by Gasteiger charge is 2.19. The number of fused-ring (bicyclic) bond motifs is 1. The summed E-state index contributed by atoms with van der Waals surface area (Å²) in [6.07, 6.45) is 1.58. The van der Waals surface area contributed by atoms with Gasteiger partial charge in [0.15, 0.2) is 0 Å². The summed E-state index contributed by atoms with van der Waals surface area (Å²) in [6, 6.07) is 10.3. The van der Waals surface area contributed by atoms with Crippen LogP contribution in [0.4, 0.5) is 0 Å². The van der Waals surface area contributed by atoms with Gasteiger partial charge < -0.3 is 10.4 Å². The summed E-state index contributed by atoms with van der Waals surface area (Å²) in [5.41, 5.74) is 1.10. The lowest BCUT2D eigenvalue weighted by Crippen LogP contribution is -2.22. The van der Waals surface area contributed by atoms with E-state index in [-0.39, 0.29) is 11.7 Å². The minimum absolute atomic E-state index is 0.0234. The number of halogens is 3. The van der Waals surface area contributed by atoms with E-state index in [1.165, 1.54) is 6.92 Å². The van der Waals surface area contributed by atoms with E-state index in [9.17, 15) is 9.90 Å². The molecule has 7 heteroatoms. The fourth-order valence-electron chi connectivity index (χ4n) is 2.60. The van der Waals surface area contributed by atoms with Crippen molar-refractivity contribution in [3.8, 4) is 16.9 Å². The molecule has 2 N–H and O–H groups in total. The van der Waals surface area contributed by atoms with Crippen molar-refractivity contribution in [1.82, 2.24) is 10.3 Å². The number of aromatic nitrogens is 1. The van der Waals surface area contributed by atoms with Crippen LogP contribution in [-0.2, 0) is 4.79 Å². The van der Waals surface area contributed by atoms with E-state index < -0.39 is 5.50 Å². The number of phenolic OH excluding ortho intramolecular Hbond substituents is 1. The third-order valence-electron chi connectivity index (χ3n) is 3.74. The number of nitrogens with one attached hydrogen (secondary N) is 1. The van der Waals surface area contributed by atoms with Gasteiger partial charge >= 0.3 is 0 Å². The van der Waals surface area contributed by atoms with Crippen LogP contribution in [0.25, 0.3) is 22.0 Å². The molecule has 3 aromatic rings. The molecule has 4 nitrogen and oxygen atoms in total. The zero-order valence-electron chi connectivity index (χ0n) is 13.1. The van der Waals surface area contributed by atoms with Gasteiger partial charge in [0.25, 0.3) is 0 Å². The molecular formula is C18H13Cl3N2O2. The Hall–Kier alpha value is -2.01. The highest BCUT2D eigenvalue weighted by Crippen LogP contribution is 2.43. The number of benzene rings is 2. The number of amides is 1. The Labute approximate surface area is 159 Å². The molecule has 1 heterocycles. The summed E-state index contributed by atoms with van der Waals surface area (Å²) in [4.78, 5) is 15.4. The molecule has 128 valence electrons. The van der Waals surface area contributed by atoms with Crippen molar-refractivity contribution in [3.05, 3.63) is 58.2 Å². The topological polar surface area (TPSA) is 62.2 Å². The van der Waals surface area contributed by atoms with E-state index >= 15 is 0 Å². The van der Waals surface area contributed by atoms with Gasteiger partial charge in [0.1, 0.15) is 16.8 Å². The van der Waals surface area contributed by atoms with Gasteiger partial charge in [-0.05, 0) is 18.2 Å². The van der Waals surface area contributed by atoms with E-state index in [4.69, 9.17) is 34.8 Å². The van der Waals surface area contributed by atoms with Crippen molar-refractivity contribution >= 4 is 51.6 Å². The second-order valence-electron chi connectivity index (χ2n) is 5.43. The summed E-state index contributed by atoms with van der Waals surface area (Å²) in [7, 11) is 0. The van der Waals surface area contributed by atoms with Crippen molar-refractivity contribution in [2.75, 3.05) is 0 Å². The Kier molecular flexibility index (Phi) is 5.04. The second kappa shape index (κ2) is 7.08. The molecule has 0 spiro atoms. The lowest BCUT2D eigenvalue weighted by molar-refractivity contribution is -0.119. The predicted molar refractivity (Wildman–Crippen MR) is 101 cm³/mol. The Bertz CT molecular complexity index is 976. The van der Waals surface area contributed by atoms with Crippen molar-refractivity contribution in [2.45, 2.75) is 12.4 Å². The van der Waals surface area contributed by atoms with Crippen LogP contribution in [0.5, 0.6) is 5.75 Å². The van der Waals surface area contributed by atoms with Crippen LogP contribution in [0.2, 0.25) is 10.0 Å². The number of hydrogen-bond donors (Lipinski definition) is 2. The molecule has 0 saturated heterocycles. The van der Waals surface area contributed by atoms with Gasteiger partial charge in [-0.1, -0.05) is 53.0 Å². The summed E-state index contributed by atoms with van der Waals surface area (Å²) in [5.74, 6) is -0.299.